The molecule has 0 heterocycles. The van der Waals surface area contributed by atoms with Crippen molar-refractivity contribution in [2.75, 3.05) is 0 Å². The minimum atomic E-state index is 0.322. The van der Waals surface area contributed by atoms with Gasteiger partial charge in [0.25, 0.3) is 0 Å². The summed E-state index contributed by atoms with van der Waals surface area (Å²) in [4.78, 5) is 8.94. The molecule has 0 spiro atoms. The van der Waals surface area contributed by atoms with E-state index in [-0.39, 0.29) is 0 Å². The molecular weight excluding hydrogens is 144 g/mol. The van der Waals surface area contributed by atoms with Gasteiger partial charge in [-0.25, -0.2) is 5.84 Å². The Morgan fingerprint density at radius 3 is 2.00 bits per heavy atom. The number of benzene rings is 1. The van der Waals surface area contributed by atoms with Gasteiger partial charge in [-0.1, -0.05) is 18.2 Å². The highest BCUT2D eigenvalue weighted by Crippen LogP contribution is 2.02. The molecule has 1 aromatic carbocycles. The van der Waals surface area contributed by atoms with Crippen molar-refractivity contribution >= 4 is 6.41 Å². The first kappa shape index (κ1) is 9.45. The van der Waals surface area contributed by atoms with Gasteiger partial charge < -0.3 is 5.11 Å². The molecule has 0 fully saturated rings. The Hall–Kier alpha value is -1.55. The van der Waals surface area contributed by atoms with Crippen molar-refractivity contribution in [1.82, 2.24) is 5.43 Å². The van der Waals surface area contributed by atoms with Crippen LogP contribution >= 0.6 is 0 Å². The molecule has 0 aliphatic rings. The number of amides is 1. The van der Waals surface area contributed by atoms with E-state index in [1.165, 1.54) is 0 Å². The molecule has 60 valence electrons. The van der Waals surface area contributed by atoms with Crippen LogP contribution in [0.4, 0.5) is 0 Å². The maximum atomic E-state index is 8.94. The van der Waals surface area contributed by atoms with E-state index in [2.05, 4.69) is 5.84 Å². The topological polar surface area (TPSA) is 75.3 Å². The summed E-state index contributed by atoms with van der Waals surface area (Å²) in [5.41, 5.74) is 1.75. The van der Waals surface area contributed by atoms with E-state index in [0.717, 1.165) is 0 Å². The highest BCUT2D eigenvalue weighted by Gasteiger charge is 1.74. The Morgan fingerprint density at radius 2 is 1.82 bits per heavy atom. The lowest BCUT2D eigenvalue weighted by Crippen LogP contribution is -2.18. The predicted molar refractivity (Wildman–Crippen MR) is 41.5 cm³/mol. The number of carbonyl (C=O) groups excluding carboxylic acids is 1. The quantitative estimate of drug-likeness (QED) is 0.230. The second-order valence-corrected chi connectivity index (χ2v) is 1.62. The standard InChI is InChI=1S/C6H6O.CH4N2O/c7-6-4-2-1-3-5-6;2-3-1-4/h1-5,7H;1H,2H2,(H,3,4). The lowest BCUT2D eigenvalue weighted by molar-refractivity contribution is -0.109. The number of hydrazine groups is 1. The fourth-order valence-corrected chi connectivity index (χ4v) is 0.428. The maximum Gasteiger partial charge on any atom is 0.221 e. The summed E-state index contributed by atoms with van der Waals surface area (Å²) in [5.74, 6) is 4.73. The summed E-state index contributed by atoms with van der Waals surface area (Å²) in [5, 5.41) is 8.63. The van der Waals surface area contributed by atoms with Gasteiger partial charge in [-0.3, -0.25) is 10.2 Å². The summed E-state index contributed by atoms with van der Waals surface area (Å²) in [6.45, 7) is 0. The first-order valence-electron chi connectivity index (χ1n) is 2.95. The van der Waals surface area contributed by atoms with Crippen LogP contribution in [0.2, 0.25) is 0 Å². The number of hydrogen-bond acceptors (Lipinski definition) is 3. The Bertz CT molecular complexity index is 189. The number of aromatic hydroxyl groups is 1. The van der Waals surface area contributed by atoms with E-state index in [9.17, 15) is 0 Å². The molecule has 0 aliphatic heterocycles. The molecule has 0 saturated heterocycles. The first-order chi connectivity index (χ1) is 5.31. The number of phenolic OH excluding ortho intramolecular Hbond substituents is 1. The molecule has 0 unspecified atom stereocenters. The highest BCUT2D eigenvalue weighted by molar-refractivity contribution is 5.44. The molecule has 0 atom stereocenters. The zero-order valence-electron chi connectivity index (χ0n) is 5.90. The maximum absolute atomic E-state index is 8.94. The second kappa shape index (κ2) is 6.57. The van der Waals surface area contributed by atoms with E-state index in [4.69, 9.17) is 9.90 Å². The van der Waals surface area contributed by atoms with Crippen molar-refractivity contribution in [3.8, 4) is 5.75 Å². The van der Waals surface area contributed by atoms with Crippen LogP contribution in [-0.4, -0.2) is 11.5 Å². The van der Waals surface area contributed by atoms with Crippen molar-refractivity contribution < 1.29 is 9.90 Å². The third-order valence-electron chi connectivity index (χ3n) is 0.824. The smallest absolute Gasteiger partial charge is 0.221 e. The normalized spacial score (nSPS) is 7.36. The van der Waals surface area contributed by atoms with Crippen LogP contribution in [0.3, 0.4) is 0 Å². The SMILES string of the molecule is NNC=O.Oc1ccccc1. The van der Waals surface area contributed by atoms with Crippen LogP contribution in [0.15, 0.2) is 30.3 Å². The summed E-state index contributed by atoms with van der Waals surface area (Å²) in [6.07, 6.45) is 0.403. The molecule has 1 aromatic rings. The van der Waals surface area contributed by atoms with Gasteiger partial charge in [0, 0.05) is 0 Å². The van der Waals surface area contributed by atoms with Gasteiger partial charge in [-0.2, -0.15) is 0 Å². The average molecular weight is 154 g/mol. The van der Waals surface area contributed by atoms with E-state index in [1.807, 2.05) is 6.07 Å². The molecule has 0 radical (unpaired) electrons. The Balaban J connectivity index is 0.000000218. The third kappa shape index (κ3) is 6.33. The lowest BCUT2D eigenvalue weighted by Gasteiger charge is -1.82. The van der Waals surface area contributed by atoms with E-state index in [0.29, 0.717) is 12.2 Å². The highest BCUT2D eigenvalue weighted by atomic mass is 16.3. The fraction of sp³-hybridized carbons (Fsp3) is 0. The molecule has 0 saturated carbocycles. The van der Waals surface area contributed by atoms with Gasteiger partial charge in [0.1, 0.15) is 5.75 Å². The molecule has 0 aromatic heterocycles. The Labute approximate surface area is 64.6 Å². The number of carbonyl (C=O) groups is 1. The summed E-state index contributed by atoms with van der Waals surface area (Å²) in [6, 6.07) is 8.71. The number of para-hydroxylation sites is 1. The lowest BCUT2D eigenvalue weighted by atomic mass is 10.3. The summed E-state index contributed by atoms with van der Waals surface area (Å²) < 4.78 is 0. The zero-order chi connectivity index (χ0) is 8.53. The number of rotatable bonds is 1. The van der Waals surface area contributed by atoms with Crippen LogP contribution in [0, 0.1) is 0 Å². The van der Waals surface area contributed by atoms with Gasteiger partial charge >= 0.3 is 0 Å². The minimum absolute atomic E-state index is 0.322. The number of nitrogens with one attached hydrogen (secondary N) is 1. The Morgan fingerprint density at radius 1 is 1.36 bits per heavy atom. The van der Waals surface area contributed by atoms with Crippen LogP contribution in [0.1, 0.15) is 0 Å². The number of nitrogens with two attached hydrogens (primary N) is 1. The van der Waals surface area contributed by atoms with Crippen LogP contribution in [-0.2, 0) is 4.79 Å². The molecule has 11 heavy (non-hydrogen) atoms. The van der Waals surface area contributed by atoms with Crippen molar-refractivity contribution in [3.63, 3.8) is 0 Å². The molecule has 0 bridgehead atoms. The average Bonchev–Trinajstić information content (AvgIpc) is 2.07. The predicted octanol–water partition coefficient (Wildman–Crippen LogP) is -0.00170. The fourth-order valence-electron chi connectivity index (χ4n) is 0.428. The molecular formula is C7H10N2O2. The Kier molecular flexibility index (Phi) is 5.64. The van der Waals surface area contributed by atoms with Gasteiger partial charge in [0.15, 0.2) is 0 Å². The third-order valence-corrected chi connectivity index (χ3v) is 0.824. The van der Waals surface area contributed by atoms with Crippen molar-refractivity contribution in [2.24, 2.45) is 5.84 Å². The van der Waals surface area contributed by atoms with Crippen molar-refractivity contribution in [2.45, 2.75) is 0 Å². The second-order valence-electron chi connectivity index (χ2n) is 1.62. The summed E-state index contributed by atoms with van der Waals surface area (Å²) in [7, 11) is 0. The monoisotopic (exact) mass is 154 g/mol. The molecule has 0 aliphatic carbocycles. The van der Waals surface area contributed by atoms with Gasteiger partial charge in [0.2, 0.25) is 6.41 Å². The zero-order valence-corrected chi connectivity index (χ0v) is 5.90. The van der Waals surface area contributed by atoms with Gasteiger partial charge in [-0.15, -0.1) is 0 Å². The van der Waals surface area contributed by atoms with Gasteiger partial charge in [-0.05, 0) is 12.1 Å². The first-order valence-corrected chi connectivity index (χ1v) is 2.95. The molecule has 1 rings (SSSR count). The summed E-state index contributed by atoms with van der Waals surface area (Å²) >= 11 is 0. The van der Waals surface area contributed by atoms with Crippen molar-refractivity contribution in [3.05, 3.63) is 30.3 Å². The molecule has 4 N–H and O–H groups in total. The van der Waals surface area contributed by atoms with E-state index >= 15 is 0 Å². The number of phenols is 1. The van der Waals surface area contributed by atoms with Gasteiger partial charge in [0.05, 0.1) is 0 Å². The van der Waals surface area contributed by atoms with Crippen LogP contribution in [0.25, 0.3) is 0 Å². The van der Waals surface area contributed by atoms with Crippen LogP contribution < -0.4 is 11.3 Å². The molecule has 4 nitrogen and oxygen atoms in total. The van der Waals surface area contributed by atoms with Crippen molar-refractivity contribution in [1.29, 1.82) is 0 Å². The van der Waals surface area contributed by atoms with E-state index < -0.39 is 0 Å². The number of hydrogen-bond donors (Lipinski definition) is 3. The largest absolute Gasteiger partial charge is 0.508 e. The molecule has 1 amide bonds. The van der Waals surface area contributed by atoms with E-state index in [1.54, 1.807) is 29.7 Å². The molecule has 4 heteroatoms. The van der Waals surface area contributed by atoms with Crippen LogP contribution in [0.5, 0.6) is 5.75 Å². The minimum Gasteiger partial charge on any atom is -0.508 e.